The fourth-order valence-electron chi connectivity index (χ4n) is 6.40. The van der Waals surface area contributed by atoms with Gasteiger partial charge in [-0.15, -0.1) is 0 Å². The first-order chi connectivity index (χ1) is 38.8. The van der Waals surface area contributed by atoms with E-state index in [0.717, 1.165) is 0 Å². The SMILES string of the molecule is C[N+](C)(C)CCOP(=O)([O-])OC[C@H](COC(=O)CCCCCCC/C=C\C(F)(F)C(F)(F)C(F)(F)C(F)(F)C(F)(F)C(F)(F)C(F)(F)C(F)(F)F)OC(=O)CCCCCCC/C=C\C(F)(F)C(F)(F)C(F)(F)C(F)(F)C(F)(F)C(F)(F)C(F)(F)C(F)(F)F. The van der Waals surface area contributed by atoms with Gasteiger partial charge in [0.25, 0.3) is 7.82 Å². The van der Waals surface area contributed by atoms with E-state index in [4.69, 9.17) is 9.47 Å². The highest BCUT2D eigenvalue weighted by Crippen LogP contribution is 2.66. The van der Waals surface area contributed by atoms with Gasteiger partial charge in [0.15, 0.2) is 6.10 Å². The molecule has 0 aromatic rings. The van der Waals surface area contributed by atoms with E-state index in [1.807, 2.05) is 0 Å². The molecule has 88 heavy (non-hydrogen) atoms. The van der Waals surface area contributed by atoms with Crippen molar-refractivity contribution in [1.29, 1.82) is 0 Å². The summed E-state index contributed by atoms with van der Waals surface area (Å²) in [5, 5.41) is 0. The molecule has 0 radical (unpaired) electrons. The number of rotatable bonds is 40. The molecule has 0 amide bonds. The van der Waals surface area contributed by atoms with Crippen LogP contribution in [0.1, 0.15) is 89.9 Å². The monoisotopic (exact) mass is 1400 g/mol. The van der Waals surface area contributed by atoms with E-state index >= 15 is 0 Å². The second-order valence-electron chi connectivity index (χ2n) is 19.9. The van der Waals surface area contributed by atoms with Gasteiger partial charge in [-0.05, 0) is 50.7 Å². The number of carbonyl (C=O) groups excluding carboxylic acids is 2. The van der Waals surface area contributed by atoms with Gasteiger partial charge in [0.2, 0.25) is 0 Å². The lowest BCUT2D eigenvalue weighted by atomic mass is 9.89. The second kappa shape index (κ2) is 29.0. The van der Waals surface area contributed by atoms with E-state index in [9.17, 15) is 168 Å². The number of phosphoric acid groups is 1. The first-order valence-corrected chi connectivity index (χ1v) is 25.8. The molecule has 0 spiro atoms. The van der Waals surface area contributed by atoms with Crippen LogP contribution in [-0.4, -0.2) is 165 Å². The number of unbranched alkanes of at least 4 members (excludes halogenated alkanes) is 10. The van der Waals surface area contributed by atoms with Gasteiger partial charge < -0.3 is 27.9 Å². The number of carbonyl (C=O) groups is 2. The molecule has 0 bridgehead atoms. The summed E-state index contributed by atoms with van der Waals surface area (Å²) >= 11 is 0. The van der Waals surface area contributed by atoms with Crippen LogP contribution in [0.4, 0.5) is 149 Å². The number of esters is 2. The summed E-state index contributed by atoms with van der Waals surface area (Å²) in [5.74, 6) is -117. The molecule has 1 unspecified atom stereocenters. The van der Waals surface area contributed by atoms with E-state index in [1.165, 1.54) is 0 Å². The summed E-state index contributed by atoms with van der Waals surface area (Å²) in [6.45, 7) is -2.39. The zero-order valence-corrected chi connectivity index (χ0v) is 45.5. The summed E-state index contributed by atoms with van der Waals surface area (Å²) < 4.78 is 490. The Hall–Kier alpha value is -3.89. The summed E-state index contributed by atoms with van der Waals surface area (Å²) in [5.41, 5.74) is 0. The molecule has 2 atom stereocenters. The highest BCUT2D eigenvalue weighted by molar-refractivity contribution is 7.45. The molecule has 0 fully saturated rings. The molecular formula is C44H50F34NO8P. The van der Waals surface area contributed by atoms with Crippen LogP contribution in [0, 0.1) is 0 Å². The topological polar surface area (TPSA) is 111 Å². The van der Waals surface area contributed by atoms with Crippen molar-refractivity contribution >= 4 is 19.8 Å². The molecule has 0 heterocycles. The highest BCUT2D eigenvalue weighted by Gasteiger charge is 2.97. The number of hydrogen-bond donors (Lipinski definition) is 0. The average molecular weight is 1400 g/mol. The molecule has 44 heteroatoms. The number of nitrogens with zero attached hydrogens (tertiary/aromatic N) is 1. The van der Waals surface area contributed by atoms with Crippen LogP contribution >= 0.6 is 7.82 Å². The first kappa shape index (κ1) is 84.1. The smallest absolute Gasteiger partial charge is 0.460 e. The molecule has 0 aliphatic carbocycles. The zero-order chi connectivity index (χ0) is 70.1. The van der Waals surface area contributed by atoms with Gasteiger partial charge in [-0.25, -0.2) is 0 Å². The lowest BCUT2D eigenvalue weighted by molar-refractivity contribution is -0.870. The third-order valence-corrected chi connectivity index (χ3v) is 12.8. The molecule has 0 saturated heterocycles. The first-order valence-electron chi connectivity index (χ1n) is 24.3. The summed E-state index contributed by atoms with van der Waals surface area (Å²) in [4.78, 5) is 37.3. The van der Waals surface area contributed by atoms with Crippen LogP contribution in [-0.2, 0) is 32.7 Å². The number of likely N-dealkylation sites (N-methyl/N-ethyl adjacent to an activating group) is 1. The number of allylic oxidation sites excluding steroid dienone is 4. The van der Waals surface area contributed by atoms with Crippen LogP contribution in [0.25, 0.3) is 0 Å². The van der Waals surface area contributed by atoms with E-state index in [2.05, 4.69) is 9.05 Å². The van der Waals surface area contributed by atoms with Crippen LogP contribution in [0.2, 0.25) is 0 Å². The largest absolute Gasteiger partial charge is 0.756 e. The Balaban J connectivity index is 5.53. The van der Waals surface area contributed by atoms with Gasteiger partial charge in [-0.2, -0.15) is 149 Å². The van der Waals surface area contributed by atoms with Crippen molar-refractivity contribution in [3.05, 3.63) is 24.3 Å². The van der Waals surface area contributed by atoms with Crippen molar-refractivity contribution in [1.82, 2.24) is 0 Å². The minimum Gasteiger partial charge on any atom is -0.756 e. The molecule has 522 valence electrons. The van der Waals surface area contributed by atoms with Gasteiger partial charge in [0.1, 0.15) is 19.8 Å². The molecule has 9 nitrogen and oxygen atoms in total. The Labute approximate surface area is 474 Å². The van der Waals surface area contributed by atoms with Crippen LogP contribution in [0.3, 0.4) is 0 Å². The second-order valence-corrected chi connectivity index (χ2v) is 21.3. The van der Waals surface area contributed by atoms with E-state index in [1.54, 1.807) is 21.1 Å². The Morgan fingerprint density at radius 2 is 0.682 bits per heavy atom. The maximum atomic E-state index is 14.1. The predicted octanol–water partition coefficient (Wildman–Crippen LogP) is 16.2. The molecule has 0 N–H and O–H groups in total. The summed E-state index contributed by atoms with van der Waals surface area (Å²) in [6.07, 6.45) is -24.8. The van der Waals surface area contributed by atoms with Crippen molar-refractivity contribution in [3.8, 4) is 0 Å². The standard InChI is InChI=1S/C44H50F34NO8P/c1-79(2,3)22-23-85-88(82,83)86-25-26(87-28(81)19-15-11-7-5-9-13-17-21-30(47,48)32(51,52)34(55,56)36(59,60)38(63,64)40(67,68)42(71,72)44(76,77)78)24-84-27(80)18-14-10-6-4-8-12-16-20-29(45,46)31(49,50)33(53,54)35(57,58)37(61,62)39(65,66)41(69,70)43(73,74)75/h16-17,20-21,26H,4-15,18-19,22-25H2,1-3H3/b20-16-,21-17-/t26-/m0/s1. The Kier molecular flexibility index (Phi) is 27.7. The van der Waals surface area contributed by atoms with Crippen molar-refractivity contribution in [3.63, 3.8) is 0 Å². The zero-order valence-electron chi connectivity index (χ0n) is 44.6. The number of alkyl halides is 34. The Morgan fingerprint density at radius 1 is 0.398 bits per heavy atom. The third-order valence-electron chi connectivity index (χ3n) is 11.8. The van der Waals surface area contributed by atoms with Gasteiger partial charge in [0, 0.05) is 12.8 Å². The highest BCUT2D eigenvalue weighted by atomic mass is 31.2. The van der Waals surface area contributed by atoms with E-state index < -0.39 is 192 Å². The minimum atomic E-state index is -8.79. The van der Waals surface area contributed by atoms with Crippen LogP contribution in [0.15, 0.2) is 24.3 Å². The number of quaternary nitrogens is 1. The Morgan fingerprint density at radius 3 is 1.00 bits per heavy atom. The normalized spacial score (nSPS) is 16.4. The van der Waals surface area contributed by atoms with Gasteiger partial charge >= 0.3 is 107 Å². The van der Waals surface area contributed by atoms with E-state index in [0.29, 0.717) is 0 Å². The third kappa shape index (κ3) is 18.4. The number of phosphoric ester groups is 1. The quantitative estimate of drug-likeness (QED) is 0.0149. The van der Waals surface area contributed by atoms with Crippen molar-refractivity contribution < 1.29 is 191 Å². The number of halogens is 34. The molecular weight excluding hydrogens is 1350 g/mol. The minimum absolute atomic E-state index is 0.00147. The Bertz CT molecular complexity index is 2350. The van der Waals surface area contributed by atoms with Crippen LogP contribution in [0.5, 0.6) is 0 Å². The van der Waals surface area contributed by atoms with Crippen molar-refractivity contribution in [2.45, 2.75) is 191 Å². The number of ether oxygens (including phenoxy) is 2. The molecule has 0 aliphatic rings. The fourth-order valence-corrected chi connectivity index (χ4v) is 7.13. The molecule has 0 aromatic carbocycles. The molecule has 0 rings (SSSR count). The lowest BCUT2D eigenvalue weighted by Crippen LogP contribution is -2.74. The van der Waals surface area contributed by atoms with Crippen LogP contribution < -0.4 is 4.89 Å². The number of hydrogen-bond acceptors (Lipinski definition) is 8. The summed E-state index contributed by atoms with van der Waals surface area (Å²) in [7, 11) is -0.287. The predicted molar refractivity (Wildman–Crippen MR) is 228 cm³/mol. The van der Waals surface area contributed by atoms with Gasteiger partial charge in [-0.3, -0.25) is 14.2 Å². The summed E-state index contributed by atoms with van der Waals surface area (Å²) in [6, 6.07) is 0. The van der Waals surface area contributed by atoms with Crippen molar-refractivity contribution in [2.75, 3.05) is 47.5 Å². The molecule has 0 aliphatic heterocycles. The molecule has 0 saturated carbocycles. The maximum absolute atomic E-state index is 14.1. The lowest BCUT2D eigenvalue weighted by Gasteiger charge is -2.42. The van der Waals surface area contributed by atoms with Gasteiger partial charge in [-0.1, -0.05) is 50.7 Å². The van der Waals surface area contributed by atoms with Crippen molar-refractivity contribution in [2.24, 2.45) is 0 Å². The fraction of sp³-hybridized carbons (Fsp3) is 0.864. The maximum Gasteiger partial charge on any atom is 0.460 e. The van der Waals surface area contributed by atoms with Gasteiger partial charge in [0.05, 0.1) is 27.7 Å². The van der Waals surface area contributed by atoms with E-state index in [-0.39, 0.29) is 74.5 Å². The average Bonchev–Trinajstić information content (AvgIpc) is 0.710. The molecule has 0 aromatic heterocycles.